The van der Waals surface area contributed by atoms with Crippen LogP contribution in [0.2, 0.25) is 10.0 Å². The smallest absolute Gasteiger partial charge is 0.256 e. The maximum atomic E-state index is 13.1. The first-order valence-electron chi connectivity index (χ1n) is 8.20. The average Bonchev–Trinajstić information content (AvgIpc) is 2.70. The zero-order valence-electron chi connectivity index (χ0n) is 14.5. The van der Waals surface area contributed by atoms with Gasteiger partial charge in [-0.25, -0.2) is 8.42 Å². The van der Waals surface area contributed by atoms with E-state index in [1.165, 1.54) is 30.3 Å². The zero-order chi connectivity index (χ0) is 20.1. The Morgan fingerprint density at radius 2 is 1.32 bits per heavy atom. The topological polar surface area (TPSA) is 63.2 Å². The molecule has 28 heavy (non-hydrogen) atoms. The second kappa shape index (κ2) is 8.61. The summed E-state index contributed by atoms with van der Waals surface area (Å²) in [4.78, 5) is 12.6. The Hall–Kier alpha value is -2.60. The van der Waals surface area contributed by atoms with Gasteiger partial charge in [0.1, 0.15) is 5.03 Å². The van der Waals surface area contributed by atoms with Crippen LogP contribution in [0.15, 0.2) is 88.8 Å². The third-order valence-electron chi connectivity index (χ3n) is 3.85. The molecule has 0 aliphatic carbocycles. The molecule has 0 radical (unpaired) electrons. The van der Waals surface area contributed by atoms with Gasteiger partial charge in [0.05, 0.1) is 4.90 Å². The number of hydrogen-bond donors (Lipinski definition) is 1. The standard InChI is InChI=1S/C21H15Cl2NO3S/c22-17-8-6-15(7-9-17)14-20(24-21(25)16-4-2-1-3-5-16)28(26,27)19-12-10-18(23)11-13-19/h1-14H,(H,24,25)/b20-14-. The second-order valence-corrected chi connectivity index (χ2v) is 8.63. The molecule has 0 fully saturated rings. The lowest BCUT2D eigenvalue weighted by molar-refractivity contribution is 0.0968. The van der Waals surface area contributed by atoms with Crippen LogP contribution in [-0.4, -0.2) is 14.3 Å². The van der Waals surface area contributed by atoms with Gasteiger partial charge in [0.2, 0.25) is 9.84 Å². The number of hydrogen-bond acceptors (Lipinski definition) is 3. The van der Waals surface area contributed by atoms with Crippen LogP contribution >= 0.6 is 23.2 Å². The number of nitrogens with one attached hydrogen (secondary N) is 1. The molecule has 1 amide bonds. The highest BCUT2D eigenvalue weighted by Gasteiger charge is 2.23. The van der Waals surface area contributed by atoms with Crippen molar-refractivity contribution in [2.45, 2.75) is 4.90 Å². The molecule has 0 unspecified atom stereocenters. The molecule has 7 heteroatoms. The molecule has 142 valence electrons. The maximum Gasteiger partial charge on any atom is 0.256 e. The van der Waals surface area contributed by atoms with Crippen molar-refractivity contribution in [2.75, 3.05) is 0 Å². The number of sulfone groups is 1. The van der Waals surface area contributed by atoms with Gasteiger partial charge in [0, 0.05) is 15.6 Å². The largest absolute Gasteiger partial charge is 0.312 e. The molecular weight excluding hydrogens is 417 g/mol. The molecule has 0 spiro atoms. The van der Waals surface area contributed by atoms with E-state index in [-0.39, 0.29) is 9.92 Å². The van der Waals surface area contributed by atoms with Crippen LogP contribution < -0.4 is 5.32 Å². The third-order valence-corrected chi connectivity index (χ3v) is 6.05. The second-order valence-electron chi connectivity index (χ2n) is 5.84. The van der Waals surface area contributed by atoms with Crippen LogP contribution in [0.4, 0.5) is 0 Å². The number of carbonyl (C=O) groups excluding carboxylic acids is 1. The van der Waals surface area contributed by atoms with Crippen molar-refractivity contribution in [2.24, 2.45) is 0 Å². The minimum absolute atomic E-state index is 0.0190. The van der Waals surface area contributed by atoms with Crippen molar-refractivity contribution in [3.63, 3.8) is 0 Å². The summed E-state index contributed by atoms with van der Waals surface area (Å²) in [7, 11) is -3.99. The van der Waals surface area contributed by atoms with E-state index in [1.54, 1.807) is 54.6 Å². The van der Waals surface area contributed by atoms with Crippen molar-refractivity contribution >= 4 is 45.0 Å². The van der Waals surface area contributed by atoms with E-state index >= 15 is 0 Å². The van der Waals surface area contributed by atoms with Crippen LogP contribution in [0.3, 0.4) is 0 Å². The van der Waals surface area contributed by atoms with Crippen molar-refractivity contribution in [3.05, 3.63) is 105 Å². The lowest BCUT2D eigenvalue weighted by Gasteiger charge is -2.12. The highest BCUT2D eigenvalue weighted by molar-refractivity contribution is 7.95. The molecule has 0 atom stereocenters. The number of rotatable bonds is 5. The highest BCUT2D eigenvalue weighted by Crippen LogP contribution is 2.23. The molecular formula is C21H15Cl2NO3S. The van der Waals surface area contributed by atoms with Gasteiger partial charge in [0.25, 0.3) is 5.91 Å². The van der Waals surface area contributed by atoms with Gasteiger partial charge in [-0.1, -0.05) is 53.5 Å². The summed E-state index contributed by atoms with van der Waals surface area (Å²) in [5.41, 5.74) is 0.918. The summed E-state index contributed by atoms with van der Waals surface area (Å²) in [5.74, 6) is -0.529. The van der Waals surface area contributed by atoms with Crippen molar-refractivity contribution in [1.82, 2.24) is 5.32 Å². The molecule has 1 N–H and O–H groups in total. The lowest BCUT2D eigenvalue weighted by atomic mass is 10.2. The number of benzene rings is 3. The lowest BCUT2D eigenvalue weighted by Crippen LogP contribution is -2.27. The Labute approximate surface area is 173 Å². The molecule has 0 aliphatic heterocycles. The summed E-state index contributed by atoms with van der Waals surface area (Å²) in [6.07, 6.45) is 1.39. The Bertz CT molecular complexity index is 1110. The van der Waals surface area contributed by atoms with E-state index in [0.717, 1.165) is 0 Å². The normalized spacial score (nSPS) is 11.9. The predicted molar refractivity (Wildman–Crippen MR) is 112 cm³/mol. The molecule has 3 aromatic rings. The quantitative estimate of drug-likeness (QED) is 0.603. The molecule has 3 aromatic carbocycles. The van der Waals surface area contributed by atoms with Crippen LogP contribution in [0, 0.1) is 0 Å². The summed E-state index contributed by atoms with van der Waals surface area (Å²) in [6, 6.07) is 20.7. The first-order valence-corrected chi connectivity index (χ1v) is 10.4. The van der Waals surface area contributed by atoms with Gasteiger partial charge in [-0.2, -0.15) is 0 Å². The first kappa shape index (κ1) is 20.1. The average molecular weight is 432 g/mol. The molecule has 0 heterocycles. The highest BCUT2D eigenvalue weighted by atomic mass is 35.5. The predicted octanol–water partition coefficient (Wildman–Crippen LogP) is 5.20. The van der Waals surface area contributed by atoms with Gasteiger partial charge >= 0.3 is 0 Å². The number of amides is 1. The summed E-state index contributed by atoms with van der Waals surface area (Å²) >= 11 is 11.8. The van der Waals surface area contributed by atoms with E-state index in [1.807, 2.05) is 0 Å². The zero-order valence-corrected chi connectivity index (χ0v) is 16.8. The van der Waals surface area contributed by atoms with Crippen molar-refractivity contribution in [3.8, 4) is 0 Å². The fourth-order valence-corrected chi connectivity index (χ4v) is 3.92. The van der Waals surface area contributed by atoms with Gasteiger partial charge in [-0.05, 0) is 60.2 Å². The number of halogens is 2. The molecule has 0 aromatic heterocycles. The molecule has 0 saturated carbocycles. The Morgan fingerprint density at radius 3 is 1.89 bits per heavy atom. The van der Waals surface area contributed by atoms with E-state index in [0.29, 0.717) is 21.2 Å². The van der Waals surface area contributed by atoms with Crippen molar-refractivity contribution in [1.29, 1.82) is 0 Å². The summed E-state index contributed by atoms with van der Waals surface area (Å²) in [5, 5.41) is 3.21. The van der Waals surface area contributed by atoms with Crippen molar-refractivity contribution < 1.29 is 13.2 Å². The van der Waals surface area contributed by atoms with E-state index in [4.69, 9.17) is 23.2 Å². The third kappa shape index (κ3) is 4.81. The fourth-order valence-electron chi connectivity index (χ4n) is 2.41. The molecule has 0 bridgehead atoms. The monoisotopic (exact) mass is 431 g/mol. The van der Waals surface area contributed by atoms with E-state index in [2.05, 4.69) is 5.32 Å². The Kier molecular flexibility index (Phi) is 6.19. The van der Waals surface area contributed by atoms with Gasteiger partial charge < -0.3 is 5.32 Å². The molecule has 4 nitrogen and oxygen atoms in total. The molecule has 0 aliphatic rings. The van der Waals surface area contributed by atoms with Gasteiger partial charge in [0.15, 0.2) is 0 Å². The Morgan fingerprint density at radius 1 is 0.786 bits per heavy atom. The maximum absolute atomic E-state index is 13.1. The summed E-state index contributed by atoms with van der Waals surface area (Å²) < 4.78 is 26.3. The Balaban J connectivity index is 2.04. The molecule has 0 saturated heterocycles. The van der Waals surface area contributed by atoms with E-state index in [9.17, 15) is 13.2 Å². The minimum atomic E-state index is -3.99. The minimum Gasteiger partial charge on any atom is -0.312 e. The SMILES string of the molecule is O=C(N/C(=C/c1ccc(Cl)cc1)S(=O)(=O)c1ccc(Cl)cc1)c1ccccc1. The van der Waals surface area contributed by atoms with Crippen LogP contribution in [-0.2, 0) is 9.84 Å². The van der Waals surface area contributed by atoms with Crippen LogP contribution in [0.5, 0.6) is 0 Å². The summed E-state index contributed by atoms with van der Waals surface area (Å²) in [6.45, 7) is 0. The fraction of sp³-hybridized carbons (Fsp3) is 0. The first-order chi connectivity index (χ1) is 13.4. The van der Waals surface area contributed by atoms with Gasteiger partial charge in [-0.15, -0.1) is 0 Å². The molecule has 3 rings (SSSR count). The number of carbonyl (C=O) groups is 1. The van der Waals surface area contributed by atoms with Crippen LogP contribution in [0.1, 0.15) is 15.9 Å². The van der Waals surface area contributed by atoms with Gasteiger partial charge in [-0.3, -0.25) is 4.79 Å². The van der Waals surface area contributed by atoms with Crippen LogP contribution in [0.25, 0.3) is 6.08 Å². The van der Waals surface area contributed by atoms with E-state index < -0.39 is 15.7 Å².